The average Bonchev–Trinajstić information content (AvgIpc) is 3.02. The van der Waals surface area contributed by atoms with Gasteiger partial charge in [0.05, 0.1) is 18.2 Å². The quantitative estimate of drug-likeness (QED) is 0.758. The molecule has 1 saturated heterocycles. The van der Waals surface area contributed by atoms with Gasteiger partial charge in [-0.3, -0.25) is 4.84 Å². The van der Waals surface area contributed by atoms with Gasteiger partial charge in [-0.25, -0.2) is 17.5 Å². The number of benzene rings is 2. The van der Waals surface area contributed by atoms with Gasteiger partial charge in [0.2, 0.25) is 10.0 Å². The van der Waals surface area contributed by atoms with E-state index in [9.17, 15) is 26.0 Å². The Morgan fingerprint density at radius 1 is 1.18 bits per heavy atom. The summed E-state index contributed by atoms with van der Waals surface area (Å²) in [7, 11) is -2.50. The smallest absolute Gasteiger partial charge is 0.297 e. The fraction of sp³-hybridized carbons (Fsp3) is 0.333. The van der Waals surface area contributed by atoms with Crippen molar-refractivity contribution in [2.24, 2.45) is 0 Å². The molecule has 1 fully saturated rings. The number of rotatable bonds is 5. The summed E-state index contributed by atoms with van der Waals surface area (Å²) < 4.78 is 80.2. The molecule has 0 aliphatic carbocycles. The molecule has 2 aromatic carbocycles. The van der Waals surface area contributed by atoms with Crippen molar-refractivity contribution in [1.82, 2.24) is 9.79 Å². The van der Waals surface area contributed by atoms with Crippen LogP contribution >= 0.6 is 0 Å². The first kappa shape index (κ1) is 20.7. The van der Waals surface area contributed by atoms with Gasteiger partial charge in [-0.1, -0.05) is 24.3 Å². The van der Waals surface area contributed by atoms with Crippen LogP contribution in [0.3, 0.4) is 0 Å². The molecule has 0 aromatic heterocycles. The van der Waals surface area contributed by atoms with Crippen LogP contribution in [0.4, 0.5) is 17.6 Å². The van der Waals surface area contributed by atoms with E-state index >= 15 is 0 Å². The Labute approximate surface area is 159 Å². The van der Waals surface area contributed by atoms with Gasteiger partial charge in [0.1, 0.15) is 11.1 Å². The number of hydroxylamine groups is 2. The van der Waals surface area contributed by atoms with E-state index in [0.717, 1.165) is 12.1 Å². The first-order chi connectivity index (χ1) is 13.1. The van der Waals surface area contributed by atoms with Gasteiger partial charge in [0.15, 0.2) is 0 Å². The largest absolute Gasteiger partial charge is 0.416 e. The summed E-state index contributed by atoms with van der Waals surface area (Å²) in [6.07, 6.45) is -4.54. The Kier molecular flexibility index (Phi) is 5.76. The van der Waals surface area contributed by atoms with Crippen molar-refractivity contribution in [3.8, 4) is 0 Å². The lowest BCUT2D eigenvalue weighted by Crippen LogP contribution is -2.39. The van der Waals surface area contributed by atoms with Crippen LogP contribution in [-0.2, 0) is 27.6 Å². The van der Waals surface area contributed by atoms with E-state index in [2.05, 4.69) is 4.72 Å². The predicted octanol–water partition coefficient (Wildman–Crippen LogP) is 3.25. The normalized spacial score (nSPS) is 21.2. The Morgan fingerprint density at radius 2 is 1.89 bits per heavy atom. The molecule has 152 valence electrons. The monoisotopic (exact) mass is 418 g/mol. The van der Waals surface area contributed by atoms with Gasteiger partial charge in [-0.2, -0.15) is 18.2 Å². The highest BCUT2D eigenvalue weighted by Crippen LogP contribution is 2.36. The van der Waals surface area contributed by atoms with E-state index in [-0.39, 0.29) is 18.7 Å². The maximum atomic E-state index is 13.3. The van der Waals surface area contributed by atoms with E-state index < -0.39 is 38.9 Å². The van der Waals surface area contributed by atoms with Crippen molar-refractivity contribution in [2.45, 2.75) is 24.0 Å². The molecule has 5 nitrogen and oxygen atoms in total. The molecule has 0 amide bonds. The summed E-state index contributed by atoms with van der Waals surface area (Å²) in [6, 6.07) is 9.03. The molecule has 0 spiro atoms. The molecule has 3 rings (SSSR count). The van der Waals surface area contributed by atoms with Crippen LogP contribution < -0.4 is 4.72 Å². The summed E-state index contributed by atoms with van der Waals surface area (Å²) in [5, 5.41) is 0.108. The van der Waals surface area contributed by atoms with Gasteiger partial charge >= 0.3 is 6.18 Å². The van der Waals surface area contributed by atoms with Crippen molar-refractivity contribution in [1.29, 1.82) is 0 Å². The number of halogens is 4. The molecular formula is C18H18F4N2O3S. The van der Waals surface area contributed by atoms with Crippen molar-refractivity contribution < 1.29 is 30.8 Å². The molecule has 0 bridgehead atoms. The van der Waals surface area contributed by atoms with Gasteiger partial charge < -0.3 is 0 Å². The average molecular weight is 418 g/mol. The number of alkyl halides is 3. The Hall–Kier alpha value is -2.01. The second-order valence-corrected chi connectivity index (χ2v) is 8.43. The lowest BCUT2D eigenvalue weighted by atomic mass is 10.0. The highest BCUT2D eigenvalue weighted by molar-refractivity contribution is 7.90. The minimum absolute atomic E-state index is 0.143. The zero-order valence-electron chi connectivity index (χ0n) is 14.8. The van der Waals surface area contributed by atoms with Gasteiger partial charge in [0, 0.05) is 13.6 Å². The van der Waals surface area contributed by atoms with E-state index in [4.69, 9.17) is 4.84 Å². The summed E-state index contributed by atoms with van der Waals surface area (Å²) >= 11 is 0. The third kappa shape index (κ3) is 4.52. The lowest BCUT2D eigenvalue weighted by Gasteiger charge is -2.24. The lowest BCUT2D eigenvalue weighted by molar-refractivity contribution is -0.138. The SMILES string of the molecule is CN1OC[C@H](S(=O)(=O)NCc2cccc(F)c2)[C@H]1c1cccc(C(F)(F)F)c1. The number of hydrogen-bond donors (Lipinski definition) is 1. The van der Waals surface area contributed by atoms with Crippen LogP contribution in [0.5, 0.6) is 0 Å². The summed E-state index contributed by atoms with van der Waals surface area (Å²) in [4.78, 5) is 5.29. The van der Waals surface area contributed by atoms with Crippen LogP contribution in [0.15, 0.2) is 48.5 Å². The van der Waals surface area contributed by atoms with Crippen molar-refractivity contribution >= 4 is 10.0 Å². The second kappa shape index (κ2) is 7.78. The van der Waals surface area contributed by atoms with Gasteiger partial charge in [-0.15, -0.1) is 0 Å². The summed E-state index contributed by atoms with van der Waals surface area (Å²) in [6.45, 7) is -0.356. The predicted molar refractivity (Wildman–Crippen MR) is 93.8 cm³/mol. The number of nitrogens with zero attached hydrogens (tertiary/aromatic N) is 1. The molecule has 1 heterocycles. The molecule has 10 heteroatoms. The highest BCUT2D eigenvalue weighted by atomic mass is 32.2. The molecule has 0 saturated carbocycles. The molecule has 0 radical (unpaired) electrons. The minimum atomic E-state index is -4.54. The number of nitrogens with one attached hydrogen (secondary N) is 1. The van der Waals surface area contributed by atoms with Crippen molar-refractivity contribution in [2.75, 3.05) is 13.7 Å². The summed E-state index contributed by atoms with van der Waals surface area (Å²) in [5.74, 6) is -0.498. The van der Waals surface area contributed by atoms with E-state index in [0.29, 0.717) is 5.56 Å². The molecule has 2 atom stereocenters. The fourth-order valence-corrected chi connectivity index (χ4v) is 4.61. The first-order valence-electron chi connectivity index (χ1n) is 8.34. The molecule has 2 aromatic rings. The van der Waals surface area contributed by atoms with Crippen LogP contribution in [-0.4, -0.2) is 32.4 Å². The summed E-state index contributed by atoms with van der Waals surface area (Å²) in [5.41, 5.74) is -0.267. The maximum Gasteiger partial charge on any atom is 0.416 e. The zero-order chi connectivity index (χ0) is 20.5. The first-order valence-corrected chi connectivity index (χ1v) is 9.88. The number of hydrogen-bond acceptors (Lipinski definition) is 4. The van der Waals surface area contributed by atoms with Crippen LogP contribution in [0.25, 0.3) is 0 Å². The molecule has 1 N–H and O–H groups in total. The standard InChI is InChI=1S/C18H18F4N2O3S/c1-24-17(13-5-3-6-14(9-13)18(20,21)22)16(11-27-24)28(25,26)23-10-12-4-2-7-15(19)8-12/h2-9,16-17,23H,10-11H2,1H3/t16-,17+/m0/s1. The maximum absolute atomic E-state index is 13.3. The van der Waals surface area contributed by atoms with E-state index in [1.807, 2.05) is 0 Å². The third-order valence-corrected chi connectivity index (χ3v) is 6.24. The Balaban J connectivity index is 1.84. The van der Waals surface area contributed by atoms with Crippen LogP contribution in [0.1, 0.15) is 22.7 Å². The fourth-order valence-electron chi connectivity index (χ4n) is 3.12. The molecule has 1 aliphatic heterocycles. The van der Waals surface area contributed by atoms with E-state index in [1.54, 1.807) is 6.07 Å². The van der Waals surface area contributed by atoms with Crippen LogP contribution in [0, 0.1) is 5.82 Å². The van der Waals surface area contributed by atoms with Gasteiger partial charge in [0.25, 0.3) is 0 Å². The Bertz CT molecular complexity index is 950. The number of sulfonamides is 1. The molecule has 0 unspecified atom stereocenters. The van der Waals surface area contributed by atoms with Crippen molar-refractivity contribution in [3.63, 3.8) is 0 Å². The molecular weight excluding hydrogens is 400 g/mol. The highest BCUT2D eigenvalue weighted by Gasteiger charge is 2.43. The zero-order valence-corrected chi connectivity index (χ0v) is 15.6. The molecule has 28 heavy (non-hydrogen) atoms. The van der Waals surface area contributed by atoms with Crippen LogP contribution in [0.2, 0.25) is 0 Å². The minimum Gasteiger partial charge on any atom is -0.297 e. The topological polar surface area (TPSA) is 58.6 Å². The third-order valence-electron chi connectivity index (χ3n) is 4.51. The van der Waals surface area contributed by atoms with E-state index in [1.165, 1.54) is 42.4 Å². The van der Waals surface area contributed by atoms with Gasteiger partial charge in [-0.05, 0) is 35.4 Å². The second-order valence-electron chi connectivity index (χ2n) is 6.44. The van der Waals surface area contributed by atoms with Crippen molar-refractivity contribution in [3.05, 3.63) is 71.0 Å². The Morgan fingerprint density at radius 3 is 2.57 bits per heavy atom. The molecule has 1 aliphatic rings.